The molecule has 0 radical (unpaired) electrons. The second-order valence-corrected chi connectivity index (χ2v) is 6.94. The van der Waals surface area contributed by atoms with Gasteiger partial charge < -0.3 is 36.3 Å². The van der Waals surface area contributed by atoms with Gasteiger partial charge in [0.15, 0.2) is 11.8 Å². The topological polar surface area (TPSA) is 165 Å². The van der Waals surface area contributed by atoms with Crippen molar-refractivity contribution in [2.24, 2.45) is 11.5 Å². The van der Waals surface area contributed by atoms with Crippen LogP contribution in [-0.4, -0.2) is 33.4 Å². The van der Waals surface area contributed by atoms with E-state index in [4.69, 9.17) is 14.6 Å². The van der Waals surface area contributed by atoms with Crippen molar-refractivity contribution < 1.29 is 34.4 Å². The molecule has 158 valence electrons. The minimum atomic E-state index is -1.23. The lowest BCUT2D eigenvalue weighted by atomic mass is 9.77. The van der Waals surface area contributed by atoms with Crippen LogP contribution in [0.4, 0.5) is 0 Å². The highest BCUT2D eigenvalue weighted by Crippen LogP contribution is 2.56. The predicted octanol–water partition coefficient (Wildman–Crippen LogP) is 1.98. The fourth-order valence-electron chi connectivity index (χ4n) is 3.65. The molecule has 0 aliphatic carbocycles. The van der Waals surface area contributed by atoms with Crippen LogP contribution in [0.1, 0.15) is 27.0 Å². The number of ether oxygens (including phenoxy) is 2. The van der Waals surface area contributed by atoms with Gasteiger partial charge in [0, 0.05) is 28.8 Å². The summed E-state index contributed by atoms with van der Waals surface area (Å²) in [6, 6.07) is 16.6. The highest BCUT2D eigenvalue weighted by atomic mass is 16.6. The Morgan fingerprint density at radius 1 is 0.871 bits per heavy atom. The lowest BCUT2D eigenvalue weighted by Crippen LogP contribution is -2.38. The Morgan fingerprint density at radius 2 is 1.39 bits per heavy atom. The van der Waals surface area contributed by atoms with E-state index in [1.54, 1.807) is 24.3 Å². The van der Waals surface area contributed by atoms with Crippen molar-refractivity contribution in [2.45, 2.75) is 11.8 Å². The van der Waals surface area contributed by atoms with Crippen LogP contribution < -0.4 is 16.2 Å². The van der Waals surface area contributed by atoms with Crippen LogP contribution in [0.2, 0.25) is 0 Å². The number of esters is 1. The van der Waals surface area contributed by atoms with Gasteiger partial charge in [0.2, 0.25) is 0 Å². The number of hydrogen-bond acceptors (Lipinski definition) is 8. The van der Waals surface area contributed by atoms with Gasteiger partial charge in [-0.2, -0.15) is 0 Å². The summed E-state index contributed by atoms with van der Waals surface area (Å²) in [6.07, 6.45) is -1.23. The standard InChI is InChI=1S/C20H12O5.C2H6N2O2/c21-11-5-7-15-17(9-11)24-18-10-12(22)6-8-16(18)20(15)14-4-2-1-3-13(14)19(23)25-20;3-1(4)2(5)6/h1-10,21-22H;1H,3-4H2,(H,5,6). The van der Waals surface area contributed by atoms with Gasteiger partial charge in [-0.3, -0.25) is 0 Å². The number of rotatable bonds is 1. The van der Waals surface area contributed by atoms with E-state index in [0.717, 1.165) is 0 Å². The second kappa shape index (κ2) is 7.31. The van der Waals surface area contributed by atoms with E-state index in [1.807, 2.05) is 12.1 Å². The lowest BCUT2D eigenvalue weighted by molar-refractivity contribution is -0.138. The van der Waals surface area contributed by atoms with E-state index in [0.29, 0.717) is 33.8 Å². The molecule has 0 saturated carbocycles. The van der Waals surface area contributed by atoms with E-state index in [9.17, 15) is 19.8 Å². The number of aliphatic carboxylic acids is 1. The molecule has 0 unspecified atom stereocenters. The summed E-state index contributed by atoms with van der Waals surface area (Å²) in [5, 5.41) is 27.4. The number of carboxylic acids is 1. The van der Waals surface area contributed by atoms with Crippen molar-refractivity contribution in [3.05, 3.63) is 82.9 Å². The minimum Gasteiger partial charge on any atom is -0.508 e. The van der Waals surface area contributed by atoms with E-state index < -0.39 is 23.7 Å². The number of carboxylic acid groups (broad SMARTS) is 1. The van der Waals surface area contributed by atoms with Crippen LogP contribution in [0.3, 0.4) is 0 Å². The first kappa shape index (κ1) is 20.2. The van der Waals surface area contributed by atoms with E-state index in [1.165, 1.54) is 24.3 Å². The fraction of sp³-hybridized carbons (Fsp3) is 0.0909. The highest BCUT2D eigenvalue weighted by molar-refractivity contribution is 5.97. The predicted molar refractivity (Wildman–Crippen MR) is 108 cm³/mol. The first-order valence-electron chi connectivity index (χ1n) is 9.15. The van der Waals surface area contributed by atoms with Crippen LogP contribution >= 0.6 is 0 Å². The molecule has 0 fully saturated rings. The van der Waals surface area contributed by atoms with Gasteiger partial charge in [-0.25, -0.2) is 9.59 Å². The van der Waals surface area contributed by atoms with Gasteiger partial charge in [0.1, 0.15) is 23.0 Å². The molecule has 5 rings (SSSR count). The van der Waals surface area contributed by atoms with Crippen molar-refractivity contribution >= 4 is 11.9 Å². The molecule has 9 nitrogen and oxygen atoms in total. The van der Waals surface area contributed by atoms with Crippen molar-refractivity contribution in [1.29, 1.82) is 0 Å². The Balaban J connectivity index is 0.000000342. The first-order chi connectivity index (χ1) is 14.7. The number of phenolic OH excluding ortho intramolecular Hbond substituents is 2. The molecule has 3 aromatic rings. The molecule has 3 aromatic carbocycles. The molecule has 0 aromatic heterocycles. The van der Waals surface area contributed by atoms with Gasteiger partial charge >= 0.3 is 11.9 Å². The van der Waals surface area contributed by atoms with Gasteiger partial charge in [-0.1, -0.05) is 18.2 Å². The van der Waals surface area contributed by atoms with Crippen LogP contribution in [0.5, 0.6) is 23.0 Å². The molecule has 9 heteroatoms. The third kappa shape index (κ3) is 3.21. The largest absolute Gasteiger partial charge is 0.508 e. The molecule has 0 amide bonds. The smallest absolute Gasteiger partial charge is 0.340 e. The van der Waals surface area contributed by atoms with Gasteiger partial charge in [-0.05, 0) is 30.3 Å². The zero-order valence-corrected chi connectivity index (χ0v) is 16.0. The molecular formula is C22H18N2O7. The summed E-state index contributed by atoms with van der Waals surface area (Å²) >= 11 is 0. The highest BCUT2D eigenvalue weighted by Gasteiger charge is 2.53. The average molecular weight is 422 g/mol. The van der Waals surface area contributed by atoms with Crippen LogP contribution in [0.25, 0.3) is 0 Å². The number of hydrogen-bond donors (Lipinski definition) is 5. The molecule has 0 atom stereocenters. The number of phenols is 2. The SMILES string of the molecule is NC(N)C(=O)O.O=C1OC2(c3ccc(O)cc3Oc3cc(O)ccc32)c2ccccc21. The maximum atomic E-state index is 12.5. The monoisotopic (exact) mass is 422 g/mol. The minimum absolute atomic E-state index is 0.0371. The average Bonchev–Trinajstić information content (AvgIpc) is 3.01. The molecular weight excluding hydrogens is 404 g/mol. The van der Waals surface area contributed by atoms with Crippen molar-refractivity contribution in [3.8, 4) is 23.0 Å². The quantitative estimate of drug-likeness (QED) is 0.291. The number of aromatic hydroxyl groups is 2. The Labute approximate surface area is 176 Å². The third-order valence-corrected chi connectivity index (χ3v) is 4.97. The maximum absolute atomic E-state index is 12.5. The van der Waals surface area contributed by atoms with Crippen molar-refractivity contribution in [3.63, 3.8) is 0 Å². The molecule has 31 heavy (non-hydrogen) atoms. The van der Waals surface area contributed by atoms with Gasteiger partial charge in [0.25, 0.3) is 0 Å². The molecule has 2 aliphatic heterocycles. The summed E-state index contributed by atoms with van der Waals surface area (Å²) in [5.74, 6) is -0.777. The van der Waals surface area contributed by atoms with E-state index in [-0.39, 0.29) is 11.5 Å². The molecule has 0 bridgehead atoms. The number of carbonyl (C=O) groups excluding carboxylic acids is 1. The summed E-state index contributed by atoms with van der Waals surface area (Å²) in [7, 11) is 0. The maximum Gasteiger partial charge on any atom is 0.340 e. The Kier molecular flexibility index (Phi) is 4.77. The Morgan fingerprint density at radius 3 is 1.90 bits per heavy atom. The normalized spacial score (nSPS) is 14.5. The first-order valence-corrected chi connectivity index (χ1v) is 9.15. The Bertz CT molecular complexity index is 1150. The number of fused-ring (bicyclic) bond motifs is 6. The van der Waals surface area contributed by atoms with Gasteiger partial charge in [-0.15, -0.1) is 0 Å². The number of carbonyl (C=O) groups is 2. The lowest BCUT2D eigenvalue weighted by Gasteiger charge is -2.36. The van der Waals surface area contributed by atoms with Crippen LogP contribution in [-0.2, 0) is 15.1 Å². The summed E-state index contributed by atoms with van der Waals surface area (Å²) < 4.78 is 11.8. The Hall–Kier alpha value is -4.08. The summed E-state index contributed by atoms with van der Waals surface area (Å²) in [5.41, 5.74) is 10.5. The summed E-state index contributed by atoms with van der Waals surface area (Å²) in [4.78, 5) is 22.0. The zero-order chi connectivity index (χ0) is 22.3. The van der Waals surface area contributed by atoms with E-state index in [2.05, 4.69) is 11.5 Å². The number of nitrogens with two attached hydrogens (primary N) is 2. The number of benzene rings is 3. The molecule has 0 saturated heterocycles. The zero-order valence-electron chi connectivity index (χ0n) is 16.0. The van der Waals surface area contributed by atoms with Crippen LogP contribution in [0, 0.1) is 0 Å². The van der Waals surface area contributed by atoms with Crippen molar-refractivity contribution in [1.82, 2.24) is 0 Å². The summed E-state index contributed by atoms with van der Waals surface area (Å²) in [6.45, 7) is 0. The molecule has 7 N–H and O–H groups in total. The molecule has 2 heterocycles. The molecule has 1 spiro atoms. The third-order valence-electron chi connectivity index (χ3n) is 4.97. The fourth-order valence-corrected chi connectivity index (χ4v) is 3.65. The van der Waals surface area contributed by atoms with Crippen LogP contribution in [0.15, 0.2) is 60.7 Å². The van der Waals surface area contributed by atoms with E-state index >= 15 is 0 Å². The molecule has 2 aliphatic rings. The van der Waals surface area contributed by atoms with Crippen molar-refractivity contribution in [2.75, 3.05) is 0 Å². The second-order valence-electron chi connectivity index (χ2n) is 6.94. The van der Waals surface area contributed by atoms with Gasteiger partial charge in [0.05, 0.1) is 5.56 Å².